The maximum Gasteiger partial charge on any atom is 0.311 e. The second-order valence-electron chi connectivity index (χ2n) is 3.34. The van der Waals surface area contributed by atoms with E-state index in [9.17, 15) is 4.79 Å². The van der Waals surface area contributed by atoms with Gasteiger partial charge in [0.2, 0.25) is 0 Å². The molecule has 1 aromatic carbocycles. The molecule has 3 nitrogen and oxygen atoms in total. The number of ether oxygens (including phenoxy) is 1. The number of halogens is 2. The van der Waals surface area contributed by atoms with Gasteiger partial charge in [-0.2, -0.15) is 0 Å². The van der Waals surface area contributed by atoms with Crippen molar-refractivity contribution in [1.29, 1.82) is 0 Å². The van der Waals surface area contributed by atoms with Crippen molar-refractivity contribution in [3.05, 3.63) is 28.8 Å². The lowest BCUT2D eigenvalue weighted by molar-refractivity contribution is -0.139. The molecule has 0 saturated heterocycles. The number of benzene rings is 1. The number of carbonyl (C=O) groups is 1. The first-order valence-corrected chi connectivity index (χ1v) is 5.22. The highest BCUT2D eigenvalue weighted by molar-refractivity contribution is 6.30. The fourth-order valence-corrected chi connectivity index (χ4v) is 2.09. The number of hydrogen-bond donors (Lipinski definition) is 1. The van der Waals surface area contributed by atoms with Crippen molar-refractivity contribution in [2.24, 2.45) is 0 Å². The van der Waals surface area contributed by atoms with Crippen LogP contribution in [-0.2, 0) is 4.79 Å². The van der Waals surface area contributed by atoms with Gasteiger partial charge in [-0.3, -0.25) is 4.79 Å². The van der Waals surface area contributed by atoms with Crippen LogP contribution in [0.3, 0.4) is 0 Å². The number of rotatable bonds is 1. The number of carboxylic acids is 1. The van der Waals surface area contributed by atoms with Crippen LogP contribution in [0.4, 0.5) is 0 Å². The fraction of sp³-hybridized carbons (Fsp3) is 0.300. The quantitative estimate of drug-likeness (QED) is 0.776. The van der Waals surface area contributed by atoms with Gasteiger partial charge in [0.15, 0.2) is 5.56 Å². The van der Waals surface area contributed by atoms with E-state index < -0.39 is 17.5 Å². The van der Waals surface area contributed by atoms with Crippen molar-refractivity contribution in [2.45, 2.75) is 17.9 Å². The first kappa shape index (κ1) is 10.6. The van der Waals surface area contributed by atoms with E-state index >= 15 is 0 Å². The Bertz CT molecular complexity index is 406. The normalized spacial score (nSPS) is 24.1. The van der Waals surface area contributed by atoms with Gasteiger partial charge in [0, 0.05) is 17.0 Å². The molecular weight excluding hydrogens is 239 g/mol. The predicted octanol–water partition coefficient (Wildman–Crippen LogP) is 2.86. The van der Waals surface area contributed by atoms with Crippen LogP contribution < -0.4 is 4.74 Å². The van der Waals surface area contributed by atoms with E-state index in [1.165, 1.54) is 0 Å². The Balaban J connectivity index is 2.47. The van der Waals surface area contributed by atoms with E-state index in [-0.39, 0.29) is 6.42 Å². The van der Waals surface area contributed by atoms with Crippen LogP contribution >= 0.6 is 23.2 Å². The summed E-state index contributed by atoms with van der Waals surface area (Å²) in [7, 11) is 0. The second-order valence-corrected chi connectivity index (χ2v) is 4.26. The molecule has 0 saturated carbocycles. The first-order chi connectivity index (χ1) is 7.08. The van der Waals surface area contributed by atoms with Gasteiger partial charge in [-0.1, -0.05) is 23.2 Å². The predicted molar refractivity (Wildman–Crippen MR) is 56.7 cm³/mol. The highest BCUT2D eigenvalue weighted by Crippen LogP contribution is 2.38. The summed E-state index contributed by atoms with van der Waals surface area (Å²) >= 11 is 11.6. The van der Waals surface area contributed by atoms with Gasteiger partial charge in [-0.05, 0) is 18.2 Å². The Morgan fingerprint density at radius 2 is 2.27 bits per heavy atom. The van der Waals surface area contributed by atoms with Crippen molar-refractivity contribution >= 4 is 29.2 Å². The Labute approximate surface area is 96.6 Å². The minimum Gasteiger partial charge on any atom is -0.481 e. The molecule has 0 bridgehead atoms. The average Bonchev–Trinajstić information content (AvgIpc) is 2.17. The first-order valence-electron chi connectivity index (χ1n) is 4.41. The molecule has 1 aliphatic rings. The maximum absolute atomic E-state index is 11.0. The summed E-state index contributed by atoms with van der Waals surface area (Å²) in [4.78, 5) is 11.0. The smallest absolute Gasteiger partial charge is 0.311 e. The van der Waals surface area contributed by atoms with Gasteiger partial charge in [-0.25, -0.2) is 0 Å². The molecule has 80 valence electrons. The van der Waals surface area contributed by atoms with E-state index in [0.29, 0.717) is 16.3 Å². The van der Waals surface area contributed by atoms with E-state index in [1.54, 1.807) is 18.2 Å². The van der Waals surface area contributed by atoms with Crippen molar-refractivity contribution < 1.29 is 14.6 Å². The fourth-order valence-electron chi connectivity index (χ4n) is 1.63. The zero-order valence-corrected chi connectivity index (χ0v) is 9.13. The molecule has 0 amide bonds. The van der Waals surface area contributed by atoms with E-state index in [1.807, 2.05) is 0 Å². The molecule has 1 aromatic rings. The summed E-state index contributed by atoms with van der Waals surface area (Å²) in [6.45, 7) is 0. The van der Waals surface area contributed by atoms with E-state index in [4.69, 9.17) is 33.0 Å². The zero-order chi connectivity index (χ0) is 11.0. The highest BCUT2D eigenvalue weighted by Gasteiger charge is 2.32. The molecular formula is C10H8Cl2O3. The van der Waals surface area contributed by atoms with Crippen LogP contribution in [0, 0.1) is 0 Å². The van der Waals surface area contributed by atoms with Crippen LogP contribution in [0.15, 0.2) is 18.2 Å². The second kappa shape index (κ2) is 3.91. The maximum atomic E-state index is 11.0. The van der Waals surface area contributed by atoms with Crippen molar-refractivity contribution in [1.82, 2.24) is 0 Å². The van der Waals surface area contributed by atoms with Crippen LogP contribution in [0.1, 0.15) is 17.9 Å². The molecule has 0 spiro atoms. The van der Waals surface area contributed by atoms with Crippen molar-refractivity contribution in [3.8, 4) is 5.75 Å². The summed E-state index contributed by atoms with van der Waals surface area (Å²) in [6, 6.07) is 4.90. The molecule has 1 heterocycles. The molecule has 0 aromatic heterocycles. The molecule has 2 atom stereocenters. The average molecular weight is 247 g/mol. The molecule has 1 aliphatic heterocycles. The summed E-state index contributed by atoms with van der Waals surface area (Å²) < 4.78 is 5.31. The molecule has 2 rings (SSSR count). The third-order valence-electron chi connectivity index (χ3n) is 2.32. The third kappa shape index (κ3) is 2.03. The standard InChI is InChI=1S/C10H8Cl2O3/c11-5-1-2-8-6(3-5)7(10(13)14)4-9(12)15-8/h1-3,7,9H,4H2,(H,13,14). The number of hydrogen-bond acceptors (Lipinski definition) is 2. The Morgan fingerprint density at radius 3 is 2.93 bits per heavy atom. The molecule has 0 aliphatic carbocycles. The number of aliphatic carboxylic acids is 1. The van der Waals surface area contributed by atoms with Gasteiger partial charge in [-0.15, -0.1) is 0 Å². The van der Waals surface area contributed by atoms with Gasteiger partial charge < -0.3 is 9.84 Å². The lowest BCUT2D eigenvalue weighted by Gasteiger charge is -2.26. The molecule has 5 heteroatoms. The van der Waals surface area contributed by atoms with Crippen LogP contribution in [0.5, 0.6) is 5.75 Å². The Kier molecular flexibility index (Phi) is 2.76. The van der Waals surface area contributed by atoms with E-state index in [2.05, 4.69) is 0 Å². The largest absolute Gasteiger partial charge is 0.481 e. The van der Waals surface area contributed by atoms with Gasteiger partial charge >= 0.3 is 5.97 Å². The molecule has 0 fully saturated rings. The topological polar surface area (TPSA) is 46.5 Å². The Morgan fingerprint density at radius 1 is 1.53 bits per heavy atom. The summed E-state index contributed by atoms with van der Waals surface area (Å²) in [5.74, 6) is -1.06. The van der Waals surface area contributed by atoms with Crippen molar-refractivity contribution in [3.63, 3.8) is 0 Å². The van der Waals surface area contributed by atoms with Crippen molar-refractivity contribution in [2.75, 3.05) is 0 Å². The highest BCUT2D eigenvalue weighted by atomic mass is 35.5. The van der Waals surface area contributed by atoms with Crippen LogP contribution in [0.2, 0.25) is 5.02 Å². The molecule has 0 radical (unpaired) electrons. The molecule has 15 heavy (non-hydrogen) atoms. The minimum absolute atomic E-state index is 0.254. The summed E-state index contributed by atoms with van der Waals surface area (Å²) in [5, 5.41) is 9.53. The SMILES string of the molecule is O=C(O)C1CC(Cl)Oc2ccc(Cl)cc21. The van der Waals surface area contributed by atoms with Crippen LogP contribution in [0.25, 0.3) is 0 Å². The molecule has 1 N–H and O–H groups in total. The summed E-state index contributed by atoms with van der Waals surface area (Å²) in [6.07, 6.45) is 0.254. The minimum atomic E-state index is -0.910. The number of alkyl halides is 1. The Hall–Kier alpha value is -0.930. The van der Waals surface area contributed by atoms with E-state index in [0.717, 1.165) is 0 Å². The monoisotopic (exact) mass is 246 g/mol. The molecule has 2 unspecified atom stereocenters. The number of fused-ring (bicyclic) bond motifs is 1. The zero-order valence-electron chi connectivity index (χ0n) is 7.61. The van der Waals surface area contributed by atoms with Gasteiger partial charge in [0.25, 0.3) is 0 Å². The lowest BCUT2D eigenvalue weighted by atomic mass is 9.93. The van der Waals surface area contributed by atoms with Gasteiger partial charge in [0.05, 0.1) is 5.92 Å². The lowest BCUT2D eigenvalue weighted by Crippen LogP contribution is -2.25. The number of carboxylic acid groups (broad SMARTS) is 1. The summed E-state index contributed by atoms with van der Waals surface area (Å²) in [5.41, 5.74) is -0.00771. The third-order valence-corrected chi connectivity index (χ3v) is 2.82. The van der Waals surface area contributed by atoms with Gasteiger partial charge in [0.1, 0.15) is 5.75 Å². The van der Waals surface area contributed by atoms with Crippen LogP contribution in [-0.4, -0.2) is 16.6 Å².